The molecule has 4 rings (SSSR count). The van der Waals surface area contributed by atoms with Crippen molar-refractivity contribution in [1.82, 2.24) is 9.88 Å². The van der Waals surface area contributed by atoms with Gasteiger partial charge in [0.25, 0.3) is 11.8 Å². The molecule has 0 saturated carbocycles. The number of carbonyl (C=O) groups is 2. The number of carbonyl (C=O) groups excluding carboxylic acids is 2. The number of hydrogen-bond donors (Lipinski definition) is 0. The largest absolute Gasteiger partial charge is 0.269 e. The molecule has 24 heavy (non-hydrogen) atoms. The minimum atomic E-state index is -0.573. The van der Waals surface area contributed by atoms with E-state index in [1.807, 2.05) is 0 Å². The Morgan fingerprint density at radius 3 is 2.33 bits per heavy atom. The first kappa shape index (κ1) is 14.5. The van der Waals surface area contributed by atoms with E-state index >= 15 is 0 Å². The lowest BCUT2D eigenvalue weighted by Crippen LogP contribution is -2.32. The van der Waals surface area contributed by atoms with Crippen LogP contribution in [0.2, 0.25) is 0 Å². The topological polar surface area (TPSA) is 50.3 Å². The van der Waals surface area contributed by atoms with E-state index in [1.54, 1.807) is 49.4 Å². The molecule has 0 spiro atoms. The summed E-state index contributed by atoms with van der Waals surface area (Å²) in [5.74, 6) is -1.17. The summed E-state index contributed by atoms with van der Waals surface area (Å²) >= 11 is 0. The fourth-order valence-corrected chi connectivity index (χ4v) is 3.12. The van der Waals surface area contributed by atoms with Gasteiger partial charge in [0, 0.05) is 11.6 Å². The molecule has 0 radical (unpaired) electrons. The lowest BCUT2D eigenvalue weighted by molar-refractivity contribution is 0.0595. The Morgan fingerprint density at radius 1 is 1.00 bits per heavy atom. The normalized spacial score (nSPS) is 15.0. The van der Waals surface area contributed by atoms with Crippen molar-refractivity contribution in [2.45, 2.75) is 13.0 Å². The van der Waals surface area contributed by atoms with Gasteiger partial charge in [-0.25, -0.2) is 4.39 Å². The fourth-order valence-electron chi connectivity index (χ4n) is 3.12. The summed E-state index contributed by atoms with van der Waals surface area (Å²) in [4.78, 5) is 30.3. The van der Waals surface area contributed by atoms with Crippen molar-refractivity contribution in [1.29, 1.82) is 0 Å². The molecule has 1 aliphatic rings. The van der Waals surface area contributed by atoms with Gasteiger partial charge in [-0.15, -0.1) is 0 Å². The fraction of sp³-hybridized carbons (Fsp3) is 0.105. The van der Waals surface area contributed by atoms with Gasteiger partial charge >= 0.3 is 0 Å². The third-order valence-electron chi connectivity index (χ3n) is 4.38. The molecule has 0 bridgehead atoms. The molecule has 1 aromatic heterocycles. The molecular weight excluding hydrogens is 307 g/mol. The zero-order valence-electron chi connectivity index (χ0n) is 12.9. The molecule has 0 aliphatic carbocycles. The van der Waals surface area contributed by atoms with Gasteiger partial charge in [-0.2, -0.15) is 0 Å². The summed E-state index contributed by atoms with van der Waals surface area (Å²) in [5, 5.41) is 0.635. The van der Waals surface area contributed by atoms with Crippen LogP contribution in [0.3, 0.4) is 0 Å². The van der Waals surface area contributed by atoms with Crippen LogP contribution in [0.5, 0.6) is 0 Å². The number of imide groups is 1. The first-order valence-electron chi connectivity index (χ1n) is 7.59. The lowest BCUT2D eigenvalue weighted by Gasteiger charge is -2.23. The van der Waals surface area contributed by atoms with Gasteiger partial charge in [-0.1, -0.05) is 18.2 Å². The summed E-state index contributed by atoms with van der Waals surface area (Å²) < 4.78 is 14.3. The highest BCUT2D eigenvalue weighted by molar-refractivity contribution is 6.21. The molecule has 2 heterocycles. The third kappa shape index (κ3) is 2.01. The maximum absolute atomic E-state index is 14.3. The number of amides is 2. The van der Waals surface area contributed by atoms with Crippen LogP contribution in [-0.2, 0) is 0 Å². The smallest absolute Gasteiger partial charge is 0.262 e. The van der Waals surface area contributed by atoms with Crippen molar-refractivity contribution < 1.29 is 14.0 Å². The number of pyridine rings is 1. The van der Waals surface area contributed by atoms with Crippen molar-refractivity contribution >= 4 is 22.7 Å². The van der Waals surface area contributed by atoms with E-state index in [2.05, 4.69) is 4.98 Å². The van der Waals surface area contributed by atoms with E-state index < -0.39 is 11.9 Å². The van der Waals surface area contributed by atoms with Crippen LogP contribution < -0.4 is 0 Å². The summed E-state index contributed by atoms with van der Waals surface area (Å²) in [7, 11) is 0. The Bertz CT molecular complexity index is 965. The van der Waals surface area contributed by atoms with Gasteiger partial charge in [0.1, 0.15) is 11.3 Å². The number of rotatable bonds is 2. The van der Waals surface area contributed by atoms with E-state index in [9.17, 15) is 14.0 Å². The molecule has 2 amide bonds. The molecular formula is C19H13FN2O2. The van der Waals surface area contributed by atoms with Gasteiger partial charge in [-0.3, -0.25) is 19.5 Å². The predicted molar refractivity (Wildman–Crippen MR) is 87.1 cm³/mol. The SMILES string of the molecule is CC(c1cc(F)c2ncccc2c1)N1C(=O)c2ccccc2C1=O. The zero-order valence-corrected chi connectivity index (χ0v) is 12.9. The Kier molecular flexibility index (Phi) is 3.16. The van der Waals surface area contributed by atoms with Crippen LogP contribution in [0, 0.1) is 5.82 Å². The third-order valence-corrected chi connectivity index (χ3v) is 4.38. The molecule has 0 saturated heterocycles. The van der Waals surface area contributed by atoms with Crippen molar-refractivity contribution in [2.75, 3.05) is 0 Å². The average molecular weight is 320 g/mol. The van der Waals surface area contributed by atoms with E-state index in [1.165, 1.54) is 17.2 Å². The molecule has 4 nitrogen and oxygen atoms in total. The van der Waals surface area contributed by atoms with E-state index in [-0.39, 0.29) is 17.3 Å². The van der Waals surface area contributed by atoms with Crippen molar-refractivity contribution in [2.24, 2.45) is 0 Å². The Morgan fingerprint density at radius 2 is 1.67 bits per heavy atom. The molecule has 3 aromatic rings. The highest BCUT2D eigenvalue weighted by atomic mass is 19.1. The van der Waals surface area contributed by atoms with Gasteiger partial charge in [0.2, 0.25) is 0 Å². The average Bonchev–Trinajstić information content (AvgIpc) is 2.86. The lowest BCUT2D eigenvalue weighted by atomic mass is 10.0. The summed E-state index contributed by atoms with van der Waals surface area (Å²) in [6.07, 6.45) is 1.53. The number of aromatic nitrogens is 1. The quantitative estimate of drug-likeness (QED) is 0.676. The molecule has 5 heteroatoms. The van der Waals surface area contributed by atoms with Gasteiger partial charge in [0.05, 0.1) is 17.2 Å². The first-order valence-corrected chi connectivity index (χ1v) is 7.59. The molecule has 1 unspecified atom stereocenters. The van der Waals surface area contributed by atoms with Crippen molar-refractivity contribution in [3.05, 3.63) is 77.2 Å². The van der Waals surface area contributed by atoms with Crippen LogP contribution >= 0.6 is 0 Å². The molecule has 118 valence electrons. The Labute approximate surface area is 137 Å². The Hall–Kier alpha value is -3.08. The molecule has 0 N–H and O–H groups in total. The zero-order chi connectivity index (χ0) is 16.8. The highest BCUT2D eigenvalue weighted by Gasteiger charge is 2.38. The predicted octanol–water partition coefficient (Wildman–Crippen LogP) is 3.73. The maximum atomic E-state index is 14.3. The first-order chi connectivity index (χ1) is 11.6. The second kappa shape index (κ2) is 5.23. The number of fused-ring (bicyclic) bond motifs is 2. The minimum Gasteiger partial charge on any atom is -0.269 e. The summed E-state index contributed by atoms with van der Waals surface area (Å²) in [6.45, 7) is 1.72. The number of nitrogens with zero attached hydrogens (tertiary/aromatic N) is 2. The minimum absolute atomic E-state index is 0.274. The van der Waals surface area contributed by atoms with E-state index in [0.717, 1.165) is 0 Å². The summed E-state index contributed by atoms with van der Waals surface area (Å²) in [5.41, 5.74) is 1.60. The number of halogens is 1. The van der Waals surface area contributed by atoms with Crippen LogP contribution in [-0.4, -0.2) is 21.7 Å². The van der Waals surface area contributed by atoms with E-state index in [0.29, 0.717) is 22.1 Å². The molecule has 1 aliphatic heterocycles. The molecule has 1 atom stereocenters. The number of benzene rings is 2. The Balaban J connectivity index is 1.79. The van der Waals surface area contributed by atoms with Crippen LogP contribution in [0.1, 0.15) is 39.2 Å². The van der Waals surface area contributed by atoms with Crippen molar-refractivity contribution in [3.8, 4) is 0 Å². The van der Waals surface area contributed by atoms with Gasteiger partial charge in [0.15, 0.2) is 0 Å². The highest BCUT2D eigenvalue weighted by Crippen LogP contribution is 2.32. The van der Waals surface area contributed by atoms with E-state index in [4.69, 9.17) is 0 Å². The summed E-state index contributed by atoms with van der Waals surface area (Å²) in [6, 6.07) is 12.7. The molecule has 0 fully saturated rings. The second-order valence-electron chi connectivity index (χ2n) is 5.78. The van der Waals surface area contributed by atoms with Crippen LogP contribution in [0.25, 0.3) is 10.9 Å². The van der Waals surface area contributed by atoms with Crippen LogP contribution in [0.15, 0.2) is 54.7 Å². The number of hydrogen-bond acceptors (Lipinski definition) is 3. The monoisotopic (exact) mass is 320 g/mol. The second-order valence-corrected chi connectivity index (χ2v) is 5.78. The van der Waals surface area contributed by atoms with Gasteiger partial charge < -0.3 is 0 Å². The molecule has 2 aromatic carbocycles. The van der Waals surface area contributed by atoms with Crippen molar-refractivity contribution in [3.63, 3.8) is 0 Å². The maximum Gasteiger partial charge on any atom is 0.262 e. The van der Waals surface area contributed by atoms with Crippen LogP contribution in [0.4, 0.5) is 4.39 Å². The standard InChI is InChI=1S/C19H13FN2O2/c1-11(13-9-12-5-4-8-21-17(12)16(20)10-13)22-18(23)14-6-2-3-7-15(14)19(22)24/h2-11H,1H3. The van der Waals surface area contributed by atoms with Gasteiger partial charge in [-0.05, 0) is 42.8 Å².